The van der Waals surface area contributed by atoms with Gasteiger partial charge < -0.3 is 5.32 Å². The lowest BCUT2D eigenvalue weighted by Crippen LogP contribution is -2.38. The van der Waals surface area contributed by atoms with Gasteiger partial charge in [-0.1, -0.05) is 66.4 Å². The second-order valence-electron chi connectivity index (χ2n) is 7.91. The second-order valence-corrected chi connectivity index (χ2v) is 9.83. The predicted octanol–water partition coefficient (Wildman–Crippen LogP) is 5.89. The highest BCUT2D eigenvalue weighted by molar-refractivity contribution is 7.98. The largest absolute Gasteiger partial charge is 0.325 e. The summed E-state index contributed by atoms with van der Waals surface area (Å²) in [5.41, 5.74) is 3.77. The SMILES string of the molecule is CC1=Nc2nc(SCc3ccccc3)nn2C(c2cccs2)C1C(=O)Nc1ccccc1C. The first kappa shape index (κ1) is 21.6. The summed E-state index contributed by atoms with van der Waals surface area (Å²) >= 11 is 3.19. The average Bonchev–Trinajstić information content (AvgIpc) is 3.49. The molecule has 1 aliphatic rings. The summed E-state index contributed by atoms with van der Waals surface area (Å²) in [4.78, 5) is 23.9. The van der Waals surface area contributed by atoms with Gasteiger partial charge in [-0.2, -0.15) is 4.98 Å². The van der Waals surface area contributed by atoms with Crippen molar-refractivity contribution in [2.24, 2.45) is 10.9 Å². The van der Waals surface area contributed by atoms with Crippen LogP contribution in [0.15, 0.2) is 82.3 Å². The van der Waals surface area contributed by atoms with Gasteiger partial charge in [0.05, 0.1) is 0 Å². The number of carbonyl (C=O) groups is 1. The summed E-state index contributed by atoms with van der Waals surface area (Å²) in [6, 6.07) is 21.8. The molecule has 0 saturated carbocycles. The van der Waals surface area contributed by atoms with Crippen LogP contribution in [0.2, 0.25) is 0 Å². The van der Waals surface area contributed by atoms with Crippen LogP contribution in [0.3, 0.4) is 0 Å². The van der Waals surface area contributed by atoms with E-state index in [-0.39, 0.29) is 11.9 Å². The molecule has 2 atom stereocenters. The highest BCUT2D eigenvalue weighted by Crippen LogP contribution is 2.39. The summed E-state index contributed by atoms with van der Waals surface area (Å²) < 4.78 is 1.81. The number of amides is 1. The zero-order chi connectivity index (χ0) is 22.8. The van der Waals surface area contributed by atoms with E-state index in [1.165, 1.54) is 5.56 Å². The number of anilines is 1. The molecular formula is C25H23N5OS2. The fraction of sp³-hybridized carbons (Fsp3) is 0.200. The average molecular weight is 474 g/mol. The number of thioether (sulfide) groups is 1. The lowest BCUT2D eigenvalue weighted by molar-refractivity contribution is -0.118. The van der Waals surface area contributed by atoms with Crippen molar-refractivity contribution in [2.75, 3.05) is 5.32 Å². The van der Waals surface area contributed by atoms with Crippen molar-refractivity contribution < 1.29 is 4.79 Å². The summed E-state index contributed by atoms with van der Waals surface area (Å²) in [6.45, 7) is 3.89. The highest BCUT2D eigenvalue weighted by Gasteiger charge is 2.40. The van der Waals surface area contributed by atoms with Gasteiger partial charge in [-0.05, 0) is 42.5 Å². The van der Waals surface area contributed by atoms with E-state index in [0.717, 1.165) is 27.6 Å². The third-order valence-electron chi connectivity index (χ3n) is 5.63. The number of nitrogens with one attached hydrogen (secondary N) is 1. The number of carbonyl (C=O) groups excluding carboxylic acids is 1. The molecule has 2 aromatic carbocycles. The van der Waals surface area contributed by atoms with Crippen LogP contribution in [0.4, 0.5) is 11.6 Å². The van der Waals surface area contributed by atoms with E-state index in [1.54, 1.807) is 23.1 Å². The maximum absolute atomic E-state index is 13.5. The Bertz CT molecular complexity index is 1300. The number of fused-ring (bicyclic) bond motifs is 1. The third-order valence-corrected chi connectivity index (χ3v) is 7.48. The molecule has 5 rings (SSSR count). The number of hydrogen-bond donors (Lipinski definition) is 1. The van der Waals surface area contributed by atoms with Gasteiger partial charge in [-0.15, -0.1) is 16.4 Å². The summed E-state index contributed by atoms with van der Waals surface area (Å²) in [5, 5.41) is 10.6. The van der Waals surface area contributed by atoms with Gasteiger partial charge in [-0.25, -0.2) is 9.67 Å². The fourth-order valence-electron chi connectivity index (χ4n) is 3.94. The molecule has 0 spiro atoms. The minimum absolute atomic E-state index is 0.0939. The van der Waals surface area contributed by atoms with Crippen LogP contribution >= 0.6 is 23.1 Å². The van der Waals surface area contributed by atoms with Crippen LogP contribution in [0, 0.1) is 12.8 Å². The van der Waals surface area contributed by atoms with Crippen molar-refractivity contribution in [3.8, 4) is 0 Å². The van der Waals surface area contributed by atoms with Crippen LogP contribution in [0.1, 0.15) is 29.0 Å². The first-order valence-corrected chi connectivity index (χ1v) is 12.5. The van der Waals surface area contributed by atoms with Crippen molar-refractivity contribution >= 4 is 46.4 Å². The van der Waals surface area contributed by atoms with E-state index in [0.29, 0.717) is 11.1 Å². The molecule has 33 heavy (non-hydrogen) atoms. The number of nitrogens with zero attached hydrogens (tertiary/aromatic N) is 4. The minimum Gasteiger partial charge on any atom is -0.325 e. The quantitative estimate of drug-likeness (QED) is 0.354. The summed E-state index contributed by atoms with van der Waals surface area (Å²) in [5.74, 6) is 0.739. The molecule has 166 valence electrons. The molecule has 0 fully saturated rings. The summed E-state index contributed by atoms with van der Waals surface area (Å²) in [7, 11) is 0. The Balaban J connectivity index is 1.46. The molecule has 0 saturated heterocycles. The first-order chi connectivity index (χ1) is 16.1. The lowest BCUT2D eigenvalue weighted by Gasteiger charge is -2.29. The lowest BCUT2D eigenvalue weighted by atomic mass is 9.91. The van der Waals surface area contributed by atoms with Crippen molar-refractivity contribution in [3.05, 3.63) is 88.1 Å². The number of hydrogen-bond acceptors (Lipinski definition) is 6. The molecule has 0 aliphatic carbocycles. The zero-order valence-electron chi connectivity index (χ0n) is 18.3. The molecule has 1 N–H and O–H groups in total. The van der Waals surface area contributed by atoms with Crippen LogP contribution < -0.4 is 5.32 Å². The van der Waals surface area contributed by atoms with Crippen LogP contribution in [-0.2, 0) is 10.5 Å². The molecular weight excluding hydrogens is 450 g/mol. The number of thiophene rings is 1. The molecule has 2 aromatic heterocycles. The Morgan fingerprint density at radius 3 is 2.61 bits per heavy atom. The van der Waals surface area contributed by atoms with Crippen molar-refractivity contribution in [1.82, 2.24) is 14.8 Å². The molecule has 2 unspecified atom stereocenters. The third kappa shape index (κ3) is 4.49. The van der Waals surface area contributed by atoms with Crippen LogP contribution in [0.5, 0.6) is 0 Å². The van der Waals surface area contributed by atoms with Gasteiger partial charge in [0.15, 0.2) is 0 Å². The number of aliphatic imine (C=N–C) groups is 1. The van der Waals surface area contributed by atoms with Crippen LogP contribution in [0.25, 0.3) is 0 Å². The first-order valence-electron chi connectivity index (χ1n) is 10.7. The maximum Gasteiger partial charge on any atom is 0.249 e. The van der Waals surface area contributed by atoms with Gasteiger partial charge in [0, 0.05) is 22.0 Å². The molecule has 4 aromatic rings. The Labute approximate surface area is 200 Å². The van der Waals surface area contributed by atoms with Crippen molar-refractivity contribution in [2.45, 2.75) is 30.8 Å². The number of aromatic nitrogens is 3. The Hall–Kier alpha value is -3.23. The number of aryl methyl sites for hydroxylation is 1. The molecule has 3 heterocycles. The second kappa shape index (κ2) is 9.33. The monoisotopic (exact) mass is 473 g/mol. The van der Waals surface area contributed by atoms with E-state index in [2.05, 4.69) is 27.4 Å². The molecule has 6 nitrogen and oxygen atoms in total. The molecule has 8 heteroatoms. The van der Waals surface area contributed by atoms with E-state index in [4.69, 9.17) is 5.10 Å². The Morgan fingerprint density at radius 2 is 1.85 bits per heavy atom. The van der Waals surface area contributed by atoms with Gasteiger partial charge in [0.2, 0.25) is 17.0 Å². The van der Waals surface area contributed by atoms with Crippen molar-refractivity contribution in [1.29, 1.82) is 0 Å². The van der Waals surface area contributed by atoms with Gasteiger partial charge in [0.1, 0.15) is 12.0 Å². The van der Waals surface area contributed by atoms with Crippen LogP contribution in [-0.4, -0.2) is 26.4 Å². The normalized spacial score (nSPS) is 17.3. The van der Waals surface area contributed by atoms with Gasteiger partial charge in [0.25, 0.3) is 0 Å². The summed E-state index contributed by atoms with van der Waals surface area (Å²) in [6.07, 6.45) is 0. The Kier molecular flexibility index (Phi) is 6.11. The number of benzene rings is 2. The highest BCUT2D eigenvalue weighted by atomic mass is 32.2. The predicted molar refractivity (Wildman–Crippen MR) is 135 cm³/mol. The molecule has 0 radical (unpaired) electrons. The topological polar surface area (TPSA) is 72.2 Å². The molecule has 0 bridgehead atoms. The van der Waals surface area contributed by atoms with Gasteiger partial charge >= 0.3 is 0 Å². The standard InChI is InChI=1S/C25H23N5OS2/c1-16-9-6-7-12-19(16)27-23(31)21-17(2)26-24-28-25(33-15-18-10-4-3-5-11-18)29-30(24)22(21)20-13-8-14-32-20/h3-14,21-22H,15H2,1-2H3,(H,27,31). The fourth-order valence-corrected chi connectivity index (χ4v) is 5.57. The maximum atomic E-state index is 13.5. The Morgan fingerprint density at radius 1 is 1.06 bits per heavy atom. The van der Waals surface area contributed by atoms with Crippen molar-refractivity contribution in [3.63, 3.8) is 0 Å². The van der Waals surface area contributed by atoms with E-state index in [9.17, 15) is 4.79 Å². The van der Waals surface area contributed by atoms with Gasteiger partial charge in [-0.3, -0.25) is 4.79 Å². The number of rotatable bonds is 6. The minimum atomic E-state index is -0.482. The molecule has 1 amide bonds. The van der Waals surface area contributed by atoms with E-state index < -0.39 is 5.92 Å². The zero-order valence-corrected chi connectivity index (χ0v) is 19.9. The smallest absolute Gasteiger partial charge is 0.249 e. The number of para-hydroxylation sites is 1. The van der Waals surface area contributed by atoms with E-state index >= 15 is 0 Å². The molecule has 1 aliphatic heterocycles. The van der Waals surface area contributed by atoms with E-state index in [1.807, 2.05) is 78.5 Å².